The minimum atomic E-state index is -0.0435. The Hall–Kier alpha value is -3.56. The first-order chi connectivity index (χ1) is 18.1. The van der Waals surface area contributed by atoms with Crippen molar-refractivity contribution in [1.82, 2.24) is 0 Å². The normalized spacial score (nSPS) is 32.2. The van der Waals surface area contributed by atoms with E-state index in [2.05, 4.69) is 135 Å². The Labute approximate surface area is 222 Å². The first-order valence-electron chi connectivity index (χ1n) is 13.7. The van der Waals surface area contributed by atoms with Crippen molar-refractivity contribution >= 4 is 0 Å². The monoisotopic (exact) mass is 480 g/mol. The van der Waals surface area contributed by atoms with Crippen molar-refractivity contribution in [3.05, 3.63) is 144 Å². The Morgan fingerprint density at radius 1 is 0.703 bits per heavy atom. The van der Waals surface area contributed by atoms with Gasteiger partial charge in [0.25, 0.3) is 0 Å². The average molecular weight is 481 g/mol. The van der Waals surface area contributed by atoms with E-state index in [-0.39, 0.29) is 21.7 Å². The minimum Gasteiger partial charge on any atom is -0.0991 e. The lowest BCUT2D eigenvalue weighted by molar-refractivity contribution is -0.0993. The van der Waals surface area contributed by atoms with Gasteiger partial charge in [0.05, 0.1) is 0 Å². The van der Waals surface area contributed by atoms with Gasteiger partial charge in [0.15, 0.2) is 0 Å². The van der Waals surface area contributed by atoms with Gasteiger partial charge in [-0.05, 0) is 90.5 Å². The molecule has 0 radical (unpaired) electrons. The van der Waals surface area contributed by atoms with Crippen LogP contribution in [0.2, 0.25) is 0 Å². The molecule has 4 saturated carbocycles. The molecule has 2 unspecified atom stereocenters. The molecule has 3 aromatic carbocycles. The molecule has 0 heteroatoms. The Morgan fingerprint density at radius 3 is 1.76 bits per heavy atom. The highest BCUT2D eigenvalue weighted by Crippen LogP contribution is 2.75. The van der Waals surface area contributed by atoms with Crippen LogP contribution in [0.15, 0.2) is 127 Å². The molecule has 0 saturated heterocycles. The maximum atomic E-state index is 4.12. The van der Waals surface area contributed by atoms with E-state index in [0.29, 0.717) is 0 Å². The third-order valence-corrected chi connectivity index (χ3v) is 9.33. The molecule has 0 amide bonds. The summed E-state index contributed by atoms with van der Waals surface area (Å²) in [4.78, 5) is 0. The molecule has 4 bridgehead atoms. The molecular weight excluding hydrogens is 444 g/mol. The van der Waals surface area contributed by atoms with Gasteiger partial charge in [-0.3, -0.25) is 0 Å². The van der Waals surface area contributed by atoms with Gasteiger partial charge in [-0.25, -0.2) is 0 Å². The molecular formula is C37H36. The van der Waals surface area contributed by atoms with E-state index >= 15 is 0 Å². The fourth-order valence-electron chi connectivity index (χ4n) is 8.71. The Bertz CT molecular complexity index is 1340. The van der Waals surface area contributed by atoms with Crippen molar-refractivity contribution in [3.8, 4) is 11.8 Å². The molecule has 0 N–H and O–H groups in total. The quantitative estimate of drug-likeness (QED) is 0.252. The number of rotatable bonds is 5. The molecule has 2 atom stereocenters. The maximum Gasteiger partial charge on any atom is 0.0343 e. The predicted molar refractivity (Wildman–Crippen MR) is 155 cm³/mol. The summed E-state index contributed by atoms with van der Waals surface area (Å²) in [5.74, 6) is 7.62. The van der Waals surface area contributed by atoms with Crippen LogP contribution in [0.3, 0.4) is 0 Å². The second kappa shape index (κ2) is 9.08. The Balaban J connectivity index is 1.61. The van der Waals surface area contributed by atoms with Gasteiger partial charge in [0.2, 0.25) is 0 Å². The molecule has 0 aromatic heterocycles. The molecule has 4 aliphatic carbocycles. The highest BCUT2D eigenvalue weighted by molar-refractivity contribution is 5.48. The second-order valence-electron chi connectivity index (χ2n) is 11.9. The van der Waals surface area contributed by atoms with Crippen LogP contribution in [0.4, 0.5) is 0 Å². The van der Waals surface area contributed by atoms with E-state index in [1.54, 1.807) is 0 Å². The Kier molecular flexibility index (Phi) is 5.84. The van der Waals surface area contributed by atoms with Gasteiger partial charge >= 0.3 is 0 Å². The van der Waals surface area contributed by atoms with Gasteiger partial charge < -0.3 is 0 Å². The van der Waals surface area contributed by atoms with Crippen molar-refractivity contribution in [1.29, 1.82) is 0 Å². The van der Waals surface area contributed by atoms with Gasteiger partial charge in [-0.1, -0.05) is 122 Å². The molecule has 184 valence electrons. The third-order valence-electron chi connectivity index (χ3n) is 9.33. The van der Waals surface area contributed by atoms with Crippen LogP contribution in [0, 0.1) is 22.7 Å². The van der Waals surface area contributed by atoms with E-state index in [0.717, 1.165) is 24.8 Å². The topological polar surface area (TPSA) is 0 Å². The average Bonchev–Trinajstić information content (AvgIpc) is 2.93. The second-order valence-corrected chi connectivity index (χ2v) is 11.9. The van der Waals surface area contributed by atoms with E-state index in [1.807, 2.05) is 6.08 Å². The van der Waals surface area contributed by atoms with Gasteiger partial charge in [-0.2, -0.15) is 0 Å². The number of allylic oxidation sites excluding steroid dienone is 5. The van der Waals surface area contributed by atoms with Crippen molar-refractivity contribution in [2.45, 2.75) is 56.3 Å². The lowest BCUT2D eigenvalue weighted by Gasteiger charge is -2.70. The van der Waals surface area contributed by atoms with Crippen LogP contribution in [-0.2, 0) is 10.8 Å². The molecule has 0 spiro atoms. The van der Waals surface area contributed by atoms with Crippen LogP contribution in [0.1, 0.15) is 62.1 Å². The van der Waals surface area contributed by atoms with E-state index in [1.165, 1.54) is 36.0 Å². The zero-order valence-electron chi connectivity index (χ0n) is 21.9. The fourth-order valence-corrected chi connectivity index (χ4v) is 8.71. The van der Waals surface area contributed by atoms with Crippen LogP contribution in [0.25, 0.3) is 0 Å². The highest BCUT2D eigenvalue weighted by atomic mass is 14.7. The lowest BCUT2D eigenvalue weighted by atomic mass is 9.33. The molecule has 3 aromatic rings. The first-order valence-corrected chi connectivity index (χ1v) is 13.7. The largest absolute Gasteiger partial charge is 0.0991 e. The summed E-state index contributed by atoms with van der Waals surface area (Å²) in [5.41, 5.74) is 5.73. The van der Waals surface area contributed by atoms with Crippen molar-refractivity contribution in [2.24, 2.45) is 10.8 Å². The first kappa shape index (κ1) is 23.8. The Morgan fingerprint density at radius 2 is 1.24 bits per heavy atom. The summed E-state index contributed by atoms with van der Waals surface area (Å²) in [6, 6.07) is 33.3. The van der Waals surface area contributed by atoms with Crippen LogP contribution >= 0.6 is 0 Å². The standard InChI is InChI=1S/C37H36/c1-3-14-31(15-4-2)35-24-34(23-22-30-16-8-5-9-17-30)25-36(27-35,32-18-10-6-11-19-32)29-37(26-34,28-35)33-20-12-7-13-21-33/h3-21H,1,24-29H2,2H3/b15-4-,31-14+. The molecule has 0 aliphatic heterocycles. The number of benzene rings is 3. The van der Waals surface area contributed by atoms with Crippen molar-refractivity contribution < 1.29 is 0 Å². The summed E-state index contributed by atoms with van der Waals surface area (Å²) in [5, 5.41) is 0. The van der Waals surface area contributed by atoms with E-state index in [4.69, 9.17) is 0 Å². The lowest BCUT2D eigenvalue weighted by Crippen LogP contribution is -2.64. The van der Waals surface area contributed by atoms with Gasteiger partial charge in [0.1, 0.15) is 0 Å². The zero-order valence-corrected chi connectivity index (χ0v) is 21.9. The number of hydrogen-bond acceptors (Lipinski definition) is 0. The predicted octanol–water partition coefficient (Wildman–Crippen LogP) is 8.96. The molecule has 0 nitrogen and oxygen atoms in total. The maximum absolute atomic E-state index is 4.12. The third kappa shape index (κ3) is 4.02. The highest BCUT2D eigenvalue weighted by Gasteiger charge is 2.69. The zero-order chi connectivity index (χ0) is 25.4. The van der Waals surface area contributed by atoms with Crippen LogP contribution in [0.5, 0.6) is 0 Å². The van der Waals surface area contributed by atoms with Gasteiger partial charge in [-0.15, -0.1) is 0 Å². The van der Waals surface area contributed by atoms with Crippen molar-refractivity contribution in [2.75, 3.05) is 0 Å². The van der Waals surface area contributed by atoms with E-state index < -0.39 is 0 Å². The SMILES string of the molecule is C=C/C=C(\C=C/C)C12CC3(C#Cc4ccccc4)CC(c4ccccc4)(C1)CC(c1ccccc1)(C3)C2. The molecule has 0 heterocycles. The summed E-state index contributed by atoms with van der Waals surface area (Å²) in [6.45, 7) is 6.26. The molecule has 7 rings (SSSR count). The summed E-state index contributed by atoms with van der Waals surface area (Å²) in [7, 11) is 0. The summed E-state index contributed by atoms with van der Waals surface area (Å²) < 4.78 is 0. The summed E-state index contributed by atoms with van der Waals surface area (Å²) >= 11 is 0. The van der Waals surface area contributed by atoms with E-state index in [9.17, 15) is 0 Å². The van der Waals surface area contributed by atoms with Crippen molar-refractivity contribution in [3.63, 3.8) is 0 Å². The van der Waals surface area contributed by atoms with Gasteiger partial charge in [0, 0.05) is 11.0 Å². The number of hydrogen-bond donors (Lipinski definition) is 0. The van der Waals surface area contributed by atoms with Crippen LogP contribution < -0.4 is 0 Å². The summed E-state index contributed by atoms with van der Waals surface area (Å²) in [6.07, 6.45) is 15.8. The molecule has 4 aliphatic rings. The minimum absolute atomic E-state index is 0.0435. The smallest absolute Gasteiger partial charge is 0.0343 e. The van der Waals surface area contributed by atoms with Crippen LogP contribution in [-0.4, -0.2) is 0 Å². The molecule has 4 fully saturated rings. The molecule has 37 heavy (non-hydrogen) atoms. The fraction of sp³-hybridized carbons (Fsp3) is 0.297.